The zero-order valence-electron chi connectivity index (χ0n) is 22.9. The highest BCUT2D eigenvalue weighted by Gasteiger charge is 2.26. The zero-order chi connectivity index (χ0) is 26.9. The van der Waals surface area contributed by atoms with Crippen molar-refractivity contribution in [3.63, 3.8) is 0 Å². The van der Waals surface area contributed by atoms with Crippen LogP contribution in [0.25, 0.3) is 0 Å². The molecule has 0 aliphatic rings. The molecule has 0 aromatic heterocycles. The highest BCUT2D eigenvalue weighted by Crippen LogP contribution is 2.18. The Morgan fingerprint density at radius 2 is 0.972 bits per heavy atom. The van der Waals surface area contributed by atoms with Crippen LogP contribution in [0.5, 0.6) is 0 Å². The molecule has 2 N–H and O–H groups in total. The number of rotatable bonds is 27. The van der Waals surface area contributed by atoms with Crippen LogP contribution in [0.1, 0.15) is 129 Å². The van der Waals surface area contributed by atoms with Crippen LogP contribution in [-0.4, -0.2) is 58.8 Å². The van der Waals surface area contributed by atoms with E-state index in [1.54, 1.807) is 0 Å². The molecule has 0 aliphatic carbocycles. The predicted octanol–water partition coefficient (Wildman–Crippen LogP) is 5.71. The van der Waals surface area contributed by atoms with E-state index in [0.29, 0.717) is 43.4 Å². The summed E-state index contributed by atoms with van der Waals surface area (Å²) in [6.45, 7) is 4.94. The Labute approximate surface area is 219 Å². The number of hydrogen-bond acceptors (Lipinski definition) is 4. The lowest BCUT2D eigenvalue weighted by molar-refractivity contribution is -0.929. The Balaban J connectivity index is 4.40. The molecular formula is C29H53NO6. The van der Waals surface area contributed by atoms with Crippen LogP contribution in [0.4, 0.5) is 0 Å². The molecule has 0 aromatic rings. The van der Waals surface area contributed by atoms with Gasteiger partial charge in [-0.05, 0) is 38.5 Å². The van der Waals surface area contributed by atoms with Gasteiger partial charge in [-0.25, -0.2) is 0 Å². The molecule has 0 saturated carbocycles. The molecule has 0 fully saturated rings. The minimum absolute atomic E-state index is 0.0283. The number of quaternary nitrogens is 1. The normalized spacial score (nSPS) is 11.8. The largest absolute Gasteiger partial charge is 0.550 e. The second-order valence-corrected chi connectivity index (χ2v) is 10.3. The van der Waals surface area contributed by atoms with E-state index in [2.05, 4.69) is 19.1 Å². The van der Waals surface area contributed by atoms with Crippen molar-refractivity contribution in [3.8, 4) is 0 Å². The van der Waals surface area contributed by atoms with Gasteiger partial charge in [-0.3, -0.25) is 9.59 Å². The van der Waals surface area contributed by atoms with Crippen LogP contribution in [0.3, 0.4) is 0 Å². The lowest BCUT2D eigenvalue weighted by Gasteiger charge is -2.39. The molecule has 0 radical (unpaired) electrons. The number of carbonyl (C=O) groups excluding carboxylic acids is 1. The van der Waals surface area contributed by atoms with Gasteiger partial charge in [-0.15, -0.1) is 0 Å². The molecule has 0 unspecified atom stereocenters. The molecule has 0 spiro atoms. The fourth-order valence-electron chi connectivity index (χ4n) is 4.88. The van der Waals surface area contributed by atoms with Gasteiger partial charge in [0.1, 0.15) is 0 Å². The SMILES string of the molecule is CCCCCCCCCCC/C=C/CCCC[N+](CCCC(=O)[O-])(CCCC(=O)O)CCCC(=O)O. The van der Waals surface area contributed by atoms with Gasteiger partial charge in [-0.1, -0.05) is 70.4 Å². The maximum atomic E-state index is 11.0. The van der Waals surface area contributed by atoms with Crippen LogP contribution in [-0.2, 0) is 14.4 Å². The summed E-state index contributed by atoms with van der Waals surface area (Å²) in [5.41, 5.74) is 0. The van der Waals surface area contributed by atoms with Crippen molar-refractivity contribution < 1.29 is 34.2 Å². The van der Waals surface area contributed by atoms with Crippen LogP contribution >= 0.6 is 0 Å². The maximum absolute atomic E-state index is 11.0. The second kappa shape index (κ2) is 23.5. The lowest BCUT2D eigenvalue weighted by Crippen LogP contribution is -2.51. The third-order valence-electron chi connectivity index (χ3n) is 6.95. The molecule has 0 rings (SSSR count). The molecule has 0 atom stereocenters. The third-order valence-corrected chi connectivity index (χ3v) is 6.95. The van der Waals surface area contributed by atoms with Gasteiger partial charge < -0.3 is 24.6 Å². The number of hydrogen-bond donors (Lipinski definition) is 2. The van der Waals surface area contributed by atoms with Crippen molar-refractivity contribution >= 4 is 17.9 Å². The van der Waals surface area contributed by atoms with E-state index in [1.807, 2.05) is 0 Å². The van der Waals surface area contributed by atoms with Gasteiger partial charge in [0.25, 0.3) is 0 Å². The van der Waals surface area contributed by atoms with Crippen molar-refractivity contribution in [2.24, 2.45) is 0 Å². The smallest absolute Gasteiger partial charge is 0.303 e. The van der Waals surface area contributed by atoms with Gasteiger partial charge in [-0.2, -0.15) is 0 Å². The van der Waals surface area contributed by atoms with Gasteiger partial charge >= 0.3 is 11.9 Å². The molecule has 7 nitrogen and oxygen atoms in total. The van der Waals surface area contributed by atoms with E-state index in [0.717, 1.165) is 32.2 Å². The van der Waals surface area contributed by atoms with E-state index < -0.39 is 17.9 Å². The van der Waals surface area contributed by atoms with Crippen molar-refractivity contribution in [1.29, 1.82) is 0 Å². The van der Waals surface area contributed by atoms with Gasteiger partial charge in [0.2, 0.25) is 0 Å². The van der Waals surface area contributed by atoms with Gasteiger partial charge in [0, 0.05) is 25.2 Å². The van der Waals surface area contributed by atoms with Gasteiger partial charge in [0.15, 0.2) is 0 Å². The predicted molar refractivity (Wildman–Crippen MR) is 143 cm³/mol. The second-order valence-electron chi connectivity index (χ2n) is 10.3. The first kappa shape index (κ1) is 34.1. The Kier molecular flexibility index (Phi) is 22.3. The van der Waals surface area contributed by atoms with Crippen molar-refractivity contribution in [3.05, 3.63) is 12.2 Å². The van der Waals surface area contributed by atoms with Gasteiger partial charge in [0.05, 0.1) is 39.0 Å². The van der Waals surface area contributed by atoms with E-state index in [4.69, 9.17) is 10.2 Å². The molecule has 7 heteroatoms. The number of carbonyl (C=O) groups is 3. The van der Waals surface area contributed by atoms with E-state index in [-0.39, 0.29) is 19.3 Å². The quantitative estimate of drug-likeness (QED) is 0.0829. The molecule has 0 amide bonds. The monoisotopic (exact) mass is 511 g/mol. The minimum Gasteiger partial charge on any atom is -0.550 e. The standard InChI is InChI=1S/C29H53NO6/c1-2-3-4-5-6-7-8-9-10-11-12-13-14-15-16-23-30(24-17-20-27(31)32,25-18-21-28(33)34)26-19-22-29(35)36/h12-13H,2-11,14-26H2,1H3,(H2-,31,32,33,34,35,36)/b13-12+. The van der Waals surface area contributed by atoms with Crippen LogP contribution < -0.4 is 5.11 Å². The summed E-state index contributed by atoms with van der Waals surface area (Å²) in [5, 5.41) is 29.0. The average molecular weight is 512 g/mol. The summed E-state index contributed by atoms with van der Waals surface area (Å²) < 4.78 is 0.593. The first-order chi connectivity index (χ1) is 17.3. The average Bonchev–Trinajstić information content (AvgIpc) is 2.80. The highest BCUT2D eigenvalue weighted by atomic mass is 16.4. The maximum Gasteiger partial charge on any atom is 0.303 e. The summed E-state index contributed by atoms with van der Waals surface area (Å²) in [6, 6.07) is 0. The fraction of sp³-hybridized carbons (Fsp3) is 0.828. The van der Waals surface area contributed by atoms with E-state index >= 15 is 0 Å². The Morgan fingerprint density at radius 3 is 1.42 bits per heavy atom. The number of allylic oxidation sites excluding steroid dienone is 2. The summed E-state index contributed by atoms with van der Waals surface area (Å²) in [7, 11) is 0. The van der Waals surface area contributed by atoms with E-state index in [1.165, 1.54) is 57.8 Å². The van der Waals surface area contributed by atoms with E-state index in [9.17, 15) is 19.5 Å². The van der Waals surface area contributed by atoms with Crippen molar-refractivity contribution in [2.45, 2.75) is 129 Å². The van der Waals surface area contributed by atoms with Crippen LogP contribution in [0.2, 0.25) is 0 Å². The minimum atomic E-state index is -1.08. The molecule has 36 heavy (non-hydrogen) atoms. The first-order valence-electron chi connectivity index (χ1n) is 14.4. The molecule has 0 aromatic carbocycles. The molecular weight excluding hydrogens is 458 g/mol. The van der Waals surface area contributed by atoms with Crippen LogP contribution in [0, 0.1) is 0 Å². The Bertz CT molecular complexity index is 554. The summed E-state index contributed by atoms with van der Waals surface area (Å²) in [5.74, 6) is -2.77. The Morgan fingerprint density at radius 1 is 0.583 bits per heavy atom. The fourth-order valence-corrected chi connectivity index (χ4v) is 4.88. The molecule has 0 heterocycles. The Hall–Kier alpha value is -1.89. The molecule has 0 aliphatic heterocycles. The number of unbranched alkanes of at least 4 members (excludes halogenated alkanes) is 11. The highest BCUT2D eigenvalue weighted by molar-refractivity contribution is 5.66. The number of aliphatic carboxylic acids is 3. The number of nitrogens with zero attached hydrogens (tertiary/aromatic N) is 1. The molecule has 0 bridgehead atoms. The number of carboxylic acid groups (broad SMARTS) is 3. The van der Waals surface area contributed by atoms with Crippen molar-refractivity contribution in [1.82, 2.24) is 0 Å². The summed E-state index contributed by atoms with van der Waals surface area (Å²) in [4.78, 5) is 33.0. The summed E-state index contributed by atoms with van der Waals surface area (Å²) in [6.07, 6.45) is 22.3. The van der Waals surface area contributed by atoms with Crippen molar-refractivity contribution in [2.75, 3.05) is 26.2 Å². The number of carboxylic acids is 3. The first-order valence-corrected chi connectivity index (χ1v) is 14.4. The lowest BCUT2D eigenvalue weighted by atomic mass is 10.1. The zero-order valence-corrected chi connectivity index (χ0v) is 22.9. The van der Waals surface area contributed by atoms with Crippen LogP contribution in [0.15, 0.2) is 12.2 Å². The third kappa shape index (κ3) is 22.6. The summed E-state index contributed by atoms with van der Waals surface area (Å²) >= 11 is 0. The topological polar surface area (TPSA) is 115 Å². The molecule has 210 valence electrons. The molecule has 0 saturated heterocycles.